The zero-order valence-electron chi connectivity index (χ0n) is 17.3. The Hall–Kier alpha value is -2.76. The molecule has 2 N–H and O–H groups in total. The lowest BCUT2D eigenvalue weighted by Crippen LogP contribution is -2.55. The number of piperazine rings is 1. The number of carbonyl (C=O) groups excluding carboxylic acids is 1. The van der Waals surface area contributed by atoms with Crippen LogP contribution in [0.5, 0.6) is 0 Å². The van der Waals surface area contributed by atoms with Gasteiger partial charge in [-0.15, -0.1) is 0 Å². The van der Waals surface area contributed by atoms with Gasteiger partial charge in [-0.2, -0.15) is 0 Å². The quantitative estimate of drug-likeness (QED) is 0.516. The number of ether oxygens (including phenoxy) is 2. The van der Waals surface area contributed by atoms with Gasteiger partial charge in [0.15, 0.2) is 0 Å². The van der Waals surface area contributed by atoms with Gasteiger partial charge in [0.2, 0.25) is 5.91 Å². The maximum atomic E-state index is 12.8. The number of hydrogen-bond acceptors (Lipinski definition) is 8. The number of pyridine rings is 1. The molecule has 0 saturated carbocycles. The summed E-state index contributed by atoms with van der Waals surface area (Å²) in [6.07, 6.45) is 2.66. The number of anilines is 1. The number of piperidine rings is 1. The van der Waals surface area contributed by atoms with Gasteiger partial charge in [0.1, 0.15) is 19.3 Å². The molecule has 0 aliphatic carbocycles. The summed E-state index contributed by atoms with van der Waals surface area (Å²) in [7, 11) is 0. The maximum absolute atomic E-state index is 12.8. The third-order valence-electron chi connectivity index (χ3n) is 5.45. The van der Waals surface area contributed by atoms with Crippen molar-refractivity contribution in [2.45, 2.75) is 18.6 Å². The first-order valence-corrected chi connectivity index (χ1v) is 10.2. The molecule has 11 nitrogen and oxygen atoms in total. The molecular formula is C20H28N4O7. The van der Waals surface area contributed by atoms with E-state index in [9.17, 15) is 14.4 Å². The van der Waals surface area contributed by atoms with E-state index < -0.39 is 37.4 Å². The Bertz CT molecular complexity index is 755. The van der Waals surface area contributed by atoms with Gasteiger partial charge in [-0.3, -0.25) is 14.7 Å². The number of likely N-dealkylation sites (tertiary alicyclic amines) is 1. The summed E-state index contributed by atoms with van der Waals surface area (Å²) in [5, 5.41) is 17.7. The van der Waals surface area contributed by atoms with Crippen LogP contribution in [-0.2, 0) is 23.9 Å². The van der Waals surface area contributed by atoms with Crippen molar-refractivity contribution in [1.29, 1.82) is 0 Å². The molecular weight excluding hydrogens is 408 g/mol. The lowest BCUT2D eigenvalue weighted by Gasteiger charge is -2.40. The van der Waals surface area contributed by atoms with Crippen molar-refractivity contribution in [3.8, 4) is 0 Å². The average molecular weight is 436 g/mol. The van der Waals surface area contributed by atoms with Crippen molar-refractivity contribution in [1.82, 2.24) is 14.8 Å². The number of carbonyl (C=O) groups is 3. The molecule has 1 amide bonds. The van der Waals surface area contributed by atoms with Gasteiger partial charge in [0, 0.05) is 57.3 Å². The number of rotatable bonds is 9. The van der Waals surface area contributed by atoms with Gasteiger partial charge >= 0.3 is 11.9 Å². The topological polar surface area (TPSA) is 133 Å². The molecule has 11 heteroatoms. The van der Waals surface area contributed by atoms with E-state index in [0.717, 1.165) is 31.9 Å². The van der Waals surface area contributed by atoms with Gasteiger partial charge in [-0.1, -0.05) is 0 Å². The number of amides is 1. The molecule has 3 heterocycles. The highest BCUT2D eigenvalue weighted by atomic mass is 16.6. The van der Waals surface area contributed by atoms with Gasteiger partial charge in [0.05, 0.1) is 12.6 Å². The first kappa shape index (κ1) is 22.9. The van der Waals surface area contributed by atoms with Crippen LogP contribution in [0.4, 0.5) is 5.69 Å². The zero-order valence-corrected chi connectivity index (χ0v) is 17.3. The molecule has 2 atom stereocenters. The van der Waals surface area contributed by atoms with Crippen LogP contribution in [0.1, 0.15) is 6.42 Å². The van der Waals surface area contributed by atoms with Gasteiger partial charge in [0.25, 0.3) is 0 Å². The first-order chi connectivity index (χ1) is 14.9. The Morgan fingerprint density at radius 3 is 2.16 bits per heavy atom. The number of aliphatic carboxylic acids is 2. The molecule has 0 spiro atoms. The molecule has 1 aromatic rings. The highest BCUT2D eigenvalue weighted by Gasteiger charge is 2.34. The normalized spacial score (nSPS) is 22.3. The standard InChI is InChI=1S/C20H28N4O7/c25-18(12-22-7-9-23(10-8-22)15-1-4-21-5-2-15)24-6-3-16(30-13-19(26)27)17(11-24)31-14-20(28)29/h1-2,4-5,16-17H,3,6-14H2,(H,26,27)(H,28,29). The third kappa shape index (κ3) is 6.88. The molecule has 0 bridgehead atoms. The third-order valence-corrected chi connectivity index (χ3v) is 5.45. The summed E-state index contributed by atoms with van der Waals surface area (Å²) in [5.74, 6) is -2.30. The van der Waals surface area contributed by atoms with Crippen LogP contribution in [0.25, 0.3) is 0 Å². The van der Waals surface area contributed by atoms with E-state index in [4.69, 9.17) is 19.7 Å². The number of nitrogens with zero attached hydrogens (tertiary/aromatic N) is 4. The molecule has 0 aromatic carbocycles. The van der Waals surface area contributed by atoms with Crippen LogP contribution in [0.3, 0.4) is 0 Å². The highest BCUT2D eigenvalue weighted by molar-refractivity contribution is 5.78. The van der Waals surface area contributed by atoms with Crippen LogP contribution in [0.2, 0.25) is 0 Å². The maximum Gasteiger partial charge on any atom is 0.329 e. The van der Waals surface area contributed by atoms with E-state index in [1.54, 1.807) is 17.3 Å². The SMILES string of the molecule is O=C(O)COC1CCN(C(=O)CN2CCN(c3ccncc3)CC2)CC1OCC(=O)O. The zero-order chi connectivity index (χ0) is 22.2. The summed E-state index contributed by atoms with van der Waals surface area (Å²) >= 11 is 0. The lowest BCUT2D eigenvalue weighted by molar-refractivity contribution is -0.164. The van der Waals surface area contributed by atoms with Crippen molar-refractivity contribution in [3.05, 3.63) is 24.5 Å². The molecule has 31 heavy (non-hydrogen) atoms. The highest BCUT2D eigenvalue weighted by Crippen LogP contribution is 2.19. The molecule has 1 aromatic heterocycles. The van der Waals surface area contributed by atoms with E-state index in [2.05, 4.69) is 14.8 Å². The number of hydrogen-bond donors (Lipinski definition) is 2. The second-order valence-electron chi connectivity index (χ2n) is 7.58. The summed E-state index contributed by atoms with van der Waals surface area (Å²) in [6, 6.07) is 3.93. The summed E-state index contributed by atoms with van der Waals surface area (Å²) in [5.41, 5.74) is 1.11. The molecule has 0 radical (unpaired) electrons. The van der Waals surface area contributed by atoms with E-state index in [-0.39, 0.29) is 19.0 Å². The second-order valence-corrected chi connectivity index (χ2v) is 7.58. The molecule has 170 valence electrons. The summed E-state index contributed by atoms with van der Waals surface area (Å²) in [6.45, 7) is 2.97. The van der Waals surface area contributed by atoms with E-state index >= 15 is 0 Å². The minimum absolute atomic E-state index is 0.0574. The van der Waals surface area contributed by atoms with E-state index in [0.29, 0.717) is 13.0 Å². The van der Waals surface area contributed by atoms with Gasteiger partial charge in [-0.05, 0) is 18.6 Å². The second kappa shape index (κ2) is 11.0. The lowest BCUT2D eigenvalue weighted by atomic mass is 10.0. The predicted molar refractivity (Wildman–Crippen MR) is 109 cm³/mol. The monoisotopic (exact) mass is 436 g/mol. The Morgan fingerprint density at radius 1 is 0.935 bits per heavy atom. The average Bonchev–Trinajstić information content (AvgIpc) is 2.77. The Balaban J connectivity index is 1.49. The molecule has 2 aliphatic heterocycles. The number of carboxylic acids is 2. The molecule has 2 unspecified atom stereocenters. The van der Waals surface area contributed by atoms with Gasteiger partial charge < -0.3 is 29.5 Å². The van der Waals surface area contributed by atoms with Gasteiger partial charge in [-0.25, -0.2) is 9.59 Å². The smallest absolute Gasteiger partial charge is 0.329 e. The Kier molecular flexibility index (Phi) is 8.15. The van der Waals surface area contributed by atoms with Crippen molar-refractivity contribution in [2.24, 2.45) is 0 Å². The first-order valence-electron chi connectivity index (χ1n) is 10.2. The summed E-state index contributed by atoms with van der Waals surface area (Å²) < 4.78 is 10.7. The Labute approximate surface area is 180 Å². The van der Waals surface area contributed by atoms with Crippen LogP contribution < -0.4 is 4.90 Å². The molecule has 2 aliphatic rings. The molecule has 3 rings (SSSR count). The minimum Gasteiger partial charge on any atom is -0.480 e. The van der Waals surface area contributed by atoms with E-state index in [1.165, 1.54) is 0 Å². The largest absolute Gasteiger partial charge is 0.480 e. The molecule has 2 saturated heterocycles. The van der Waals surface area contributed by atoms with Crippen LogP contribution in [0, 0.1) is 0 Å². The van der Waals surface area contributed by atoms with Crippen molar-refractivity contribution in [2.75, 3.05) is 63.9 Å². The molecule has 2 fully saturated rings. The predicted octanol–water partition coefficient (Wildman–Crippen LogP) is -0.624. The summed E-state index contributed by atoms with van der Waals surface area (Å²) in [4.78, 5) is 44.5. The van der Waals surface area contributed by atoms with Crippen molar-refractivity contribution in [3.63, 3.8) is 0 Å². The fourth-order valence-electron chi connectivity index (χ4n) is 3.84. The number of carboxylic acid groups (broad SMARTS) is 2. The fraction of sp³-hybridized carbons (Fsp3) is 0.600. The van der Waals surface area contributed by atoms with Crippen LogP contribution in [-0.4, -0.2) is 114 Å². The fourth-order valence-corrected chi connectivity index (χ4v) is 3.84. The van der Waals surface area contributed by atoms with E-state index in [1.807, 2.05) is 12.1 Å². The Morgan fingerprint density at radius 2 is 1.55 bits per heavy atom. The van der Waals surface area contributed by atoms with Crippen molar-refractivity contribution >= 4 is 23.5 Å². The number of aromatic nitrogens is 1. The minimum atomic E-state index is -1.13. The van der Waals surface area contributed by atoms with Crippen LogP contribution >= 0.6 is 0 Å². The van der Waals surface area contributed by atoms with Crippen molar-refractivity contribution < 1.29 is 34.1 Å². The van der Waals surface area contributed by atoms with Crippen LogP contribution in [0.15, 0.2) is 24.5 Å².